The Hall–Kier alpha value is -3.88. The lowest BCUT2D eigenvalue weighted by Crippen LogP contribution is -2.31. The van der Waals surface area contributed by atoms with Gasteiger partial charge in [0.15, 0.2) is 17.6 Å². The molecule has 0 saturated carbocycles. The lowest BCUT2D eigenvalue weighted by atomic mass is 10.1. The second kappa shape index (κ2) is 8.24. The Balaban J connectivity index is 1.98. The molecule has 9 heteroatoms. The van der Waals surface area contributed by atoms with Crippen LogP contribution in [0.4, 0.5) is 0 Å². The van der Waals surface area contributed by atoms with Gasteiger partial charge in [-0.15, -0.1) is 0 Å². The molecule has 156 valence electrons. The van der Waals surface area contributed by atoms with Gasteiger partial charge in [0, 0.05) is 5.56 Å². The van der Waals surface area contributed by atoms with Gasteiger partial charge in [0.2, 0.25) is 0 Å². The maximum absolute atomic E-state index is 12.7. The van der Waals surface area contributed by atoms with Crippen LogP contribution < -0.4 is 15.2 Å². The van der Waals surface area contributed by atoms with E-state index in [1.165, 1.54) is 33.3 Å². The number of carbonyl (C=O) groups excluding carboxylic acids is 4. The molecule has 2 N–H and O–H groups in total. The van der Waals surface area contributed by atoms with E-state index in [2.05, 4.69) is 0 Å². The molecule has 1 atom stereocenters. The molecule has 1 aliphatic rings. The molecule has 0 radical (unpaired) electrons. The van der Waals surface area contributed by atoms with Crippen LogP contribution in [0.2, 0.25) is 0 Å². The fourth-order valence-electron chi connectivity index (χ4n) is 3.12. The van der Waals surface area contributed by atoms with E-state index >= 15 is 0 Å². The smallest absolute Gasteiger partial charge is 0.339 e. The van der Waals surface area contributed by atoms with Crippen molar-refractivity contribution >= 4 is 23.7 Å². The topological polar surface area (TPSA) is 125 Å². The summed E-state index contributed by atoms with van der Waals surface area (Å²) in [7, 11) is 2.78. The molecule has 3 rings (SSSR count). The van der Waals surface area contributed by atoms with E-state index in [9.17, 15) is 19.2 Å². The minimum atomic E-state index is -1.13. The molecule has 1 aliphatic heterocycles. The van der Waals surface area contributed by atoms with Crippen molar-refractivity contribution in [3.63, 3.8) is 0 Å². The average molecular weight is 412 g/mol. The van der Waals surface area contributed by atoms with E-state index in [1.54, 1.807) is 24.3 Å². The van der Waals surface area contributed by atoms with E-state index in [0.29, 0.717) is 16.7 Å². The van der Waals surface area contributed by atoms with Gasteiger partial charge in [-0.2, -0.15) is 0 Å². The Labute approximate surface area is 172 Å². The van der Waals surface area contributed by atoms with Gasteiger partial charge in [0.25, 0.3) is 17.7 Å². The number of nitrogens with zero attached hydrogens (tertiary/aromatic N) is 1. The first-order valence-electron chi connectivity index (χ1n) is 8.98. The normalized spacial score (nSPS) is 13.6. The first-order chi connectivity index (χ1) is 14.3. The zero-order valence-corrected chi connectivity index (χ0v) is 16.6. The molecule has 2 aromatic rings. The Morgan fingerprint density at radius 1 is 1.03 bits per heavy atom. The number of imide groups is 1. The van der Waals surface area contributed by atoms with Gasteiger partial charge in [0.1, 0.15) is 0 Å². The summed E-state index contributed by atoms with van der Waals surface area (Å²) < 4.78 is 15.7. The van der Waals surface area contributed by atoms with E-state index in [0.717, 1.165) is 4.90 Å². The van der Waals surface area contributed by atoms with Gasteiger partial charge in [0.05, 0.1) is 37.5 Å². The van der Waals surface area contributed by atoms with Gasteiger partial charge in [-0.3, -0.25) is 19.3 Å². The number of ether oxygens (including phenoxy) is 3. The fraction of sp³-hybridized carbons (Fsp3) is 0.238. The van der Waals surface area contributed by atoms with Crippen LogP contribution in [0.15, 0.2) is 36.4 Å². The molecule has 0 aliphatic carbocycles. The molecule has 0 fully saturated rings. The Morgan fingerprint density at radius 3 is 2.13 bits per heavy atom. The van der Waals surface area contributed by atoms with Crippen LogP contribution >= 0.6 is 0 Å². The highest BCUT2D eigenvalue weighted by molar-refractivity contribution is 6.21. The first-order valence-corrected chi connectivity index (χ1v) is 8.98. The highest BCUT2D eigenvalue weighted by atomic mass is 16.5. The standard InChI is InChI=1S/C21H20N2O7/c1-11(18(22)24)30-21(27)12-8-13(17(29-3)16(9-12)28-2)10-23-19(25)14-6-4-5-7-15(14)20(23)26/h4-9,11H,10H2,1-3H3,(H2,22,24)/t11-/m1/s1. The fourth-order valence-corrected chi connectivity index (χ4v) is 3.12. The number of esters is 1. The molecule has 0 saturated heterocycles. The zero-order valence-electron chi connectivity index (χ0n) is 16.6. The predicted octanol–water partition coefficient (Wildman–Crippen LogP) is 1.53. The largest absolute Gasteiger partial charge is 0.493 e. The van der Waals surface area contributed by atoms with Crippen LogP contribution in [0.25, 0.3) is 0 Å². The number of carbonyl (C=O) groups is 4. The van der Waals surface area contributed by atoms with E-state index in [1.807, 2.05) is 0 Å². The van der Waals surface area contributed by atoms with Crippen molar-refractivity contribution in [2.75, 3.05) is 14.2 Å². The van der Waals surface area contributed by atoms with Crippen LogP contribution in [0, 0.1) is 0 Å². The van der Waals surface area contributed by atoms with Crippen LogP contribution in [0.5, 0.6) is 11.5 Å². The minimum Gasteiger partial charge on any atom is -0.493 e. The second-order valence-electron chi connectivity index (χ2n) is 6.56. The van der Waals surface area contributed by atoms with E-state index in [4.69, 9.17) is 19.9 Å². The zero-order chi connectivity index (χ0) is 22.0. The number of hydrogen-bond donors (Lipinski definition) is 1. The maximum Gasteiger partial charge on any atom is 0.339 e. The molecule has 2 aromatic carbocycles. The van der Waals surface area contributed by atoms with Crippen molar-refractivity contribution in [3.05, 3.63) is 58.7 Å². The van der Waals surface area contributed by atoms with E-state index < -0.39 is 29.8 Å². The Morgan fingerprint density at radius 2 is 1.63 bits per heavy atom. The van der Waals surface area contributed by atoms with Crippen molar-refractivity contribution in [3.8, 4) is 11.5 Å². The number of primary amides is 1. The minimum absolute atomic E-state index is 0.0485. The van der Waals surface area contributed by atoms with Gasteiger partial charge < -0.3 is 19.9 Å². The number of fused-ring (bicyclic) bond motifs is 1. The molecule has 0 bridgehead atoms. The molecular weight excluding hydrogens is 392 g/mol. The summed E-state index contributed by atoms with van der Waals surface area (Å²) >= 11 is 0. The highest BCUT2D eigenvalue weighted by Gasteiger charge is 2.36. The van der Waals surface area contributed by atoms with Crippen LogP contribution in [0.3, 0.4) is 0 Å². The van der Waals surface area contributed by atoms with Crippen molar-refractivity contribution in [2.24, 2.45) is 5.73 Å². The average Bonchev–Trinajstić information content (AvgIpc) is 2.98. The Bertz CT molecular complexity index is 1010. The lowest BCUT2D eigenvalue weighted by Gasteiger charge is -2.19. The quantitative estimate of drug-likeness (QED) is 0.540. The number of nitrogens with two attached hydrogens (primary N) is 1. The number of methoxy groups -OCH3 is 2. The van der Waals surface area contributed by atoms with Gasteiger partial charge >= 0.3 is 5.97 Å². The third-order valence-electron chi connectivity index (χ3n) is 4.68. The Kier molecular flexibility index (Phi) is 5.72. The number of hydrogen-bond acceptors (Lipinski definition) is 7. The number of amides is 3. The molecule has 9 nitrogen and oxygen atoms in total. The second-order valence-corrected chi connectivity index (χ2v) is 6.56. The van der Waals surface area contributed by atoms with Crippen LogP contribution in [-0.4, -0.2) is 48.9 Å². The number of benzene rings is 2. The maximum atomic E-state index is 12.7. The third-order valence-corrected chi connectivity index (χ3v) is 4.68. The summed E-state index contributed by atoms with van der Waals surface area (Å²) in [5.74, 6) is -2.06. The molecule has 0 aromatic heterocycles. The molecule has 30 heavy (non-hydrogen) atoms. The van der Waals surface area contributed by atoms with Gasteiger partial charge in [-0.05, 0) is 31.2 Å². The van der Waals surface area contributed by atoms with Gasteiger partial charge in [-0.1, -0.05) is 12.1 Å². The molecule has 1 heterocycles. The van der Waals surface area contributed by atoms with Crippen molar-refractivity contribution in [1.82, 2.24) is 4.90 Å². The summed E-state index contributed by atoms with van der Waals surface area (Å²) in [4.78, 5) is 50.1. The van der Waals surface area contributed by atoms with Gasteiger partial charge in [-0.25, -0.2) is 4.79 Å². The highest BCUT2D eigenvalue weighted by Crippen LogP contribution is 2.35. The lowest BCUT2D eigenvalue weighted by molar-refractivity contribution is -0.125. The summed E-state index contributed by atoms with van der Waals surface area (Å²) in [5, 5.41) is 0. The molecule has 0 unspecified atom stereocenters. The number of rotatable bonds is 7. The van der Waals surface area contributed by atoms with Crippen molar-refractivity contribution in [2.45, 2.75) is 19.6 Å². The molecule has 3 amide bonds. The molecule has 0 spiro atoms. The predicted molar refractivity (Wildman–Crippen MR) is 104 cm³/mol. The summed E-state index contributed by atoms with van der Waals surface area (Å²) in [6.45, 7) is 1.19. The van der Waals surface area contributed by atoms with Crippen LogP contribution in [0.1, 0.15) is 43.6 Å². The van der Waals surface area contributed by atoms with E-state index in [-0.39, 0.29) is 23.6 Å². The van der Waals surface area contributed by atoms with Crippen LogP contribution in [-0.2, 0) is 16.1 Å². The molecular formula is C21H20N2O7. The third kappa shape index (κ3) is 3.69. The summed E-state index contributed by atoms with van der Waals surface area (Å²) in [5.41, 5.74) is 6.14. The van der Waals surface area contributed by atoms with Crippen molar-refractivity contribution < 1.29 is 33.4 Å². The van der Waals surface area contributed by atoms with Crippen molar-refractivity contribution in [1.29, 1.82) is 0 Å². The summed E-state index contributed by atoms with van der Waals surface area (Å²) in [6, 6.07) is 9.29. The first kappa shape index (κ1) is 20.8. The monoisotopic (exact) mass is 412 g/mol. The SMILES string of the molecule is COc1cc(C(=O)O[C@H](C)C(N)=O)cc(CN2C(=O)c3ccccc3C2=O)c1OC. The summed E-state index contributed by atoms with van der Waals surface area (Å²) in [6.07, 6.45) is -1.13.